The average molecular weight is 535 g/mol. The van der Waals surface area contributed by atoms with E-state index >= 15 is 0 Å². The first-order valence-corrected chi connectivity index (χ1v) is 14.7. The lowest BCUT2D eigenvalue weighted by Crippen LogP contribution is -2.40. The van der Waals surface area contributed by atoms with Gasteiger partial charge in [0, 0.05) is 26.3 Å². The normalized spacial score (nSPS) is 22.8. The minimum absolute atomic E-state index is 0.119. The van der Waals surface area contributed by atoms with Crippen molar-refractivity contribution in [1.29, 1.82) is 0 Å². The number of rotatable bonds is 12. The maximum absolute atomic E-state index is 12.9. The van der Waals surface area contributed by atoms with Gasteiger partial charge in [-0.05, 0) is 101 Å². The summed E-state index contributed by atoms with van der Waals surface area (Å²) < 4.78 is 71.5. The highest BCUT2D eigenvalue weighted by Crippen LogP contribution is 2.32. The molecule has 0 bridgehead atoms. The zero-order valence-corrected chi connectivity index (χ0v) is 22.1. The monoisotopic (exact) mass is 534 g/mol. The molecule has 1 aliphatic carbocycles. The molecule has 2 fully saturated rings. The lowest BCUT2D eigenvalue weighted by Gasteiger charge is -2.34. The van der Waals surface area contributed by atoms with Crippen molar-refractivity contribution in [2.75, 3.05) is 39.9 Å². The number of sulfonamides is 1. The molecule has 6 nitrogen and oxygen atoms in total. The number of alkyl halides is 3. The van der Waals surface area contributed by atoms with Crippen LogP contribution in [0.5, 0.6) is 0 Å². The van der Waals surface area contributed by atoms with E-state index in [2.05, 4.69) is 4.90 Å². The largest absolute Gasteiger partial charge is 0.416 e. The second kappa shape index (κ2) is 13.6. The first kappa shape index (κ1) is 29.4. The fourth-order valence-electron chi connectivity index (χ4n) is 5.19. The smallest absolute Gasteiger partial charge is 0.396 e. The van der Waals surface area contributed by atoms with E-state index in [9.17, 15) is 26.7 Å². The Labute approximate surface area is 213 Å². The van der Waals surface area contributed by atoms with Crippen molar-refractivity contribution in [2.45, 2.75) is 87.4 Å². The predicted molar refractivity (Wildman–Crippen MR) is 133 cm³/mol. The highest BCUT2D eigenvalue weighted by Gasteiger charge is 2.34. The molecule has 0 spiro atoms. The minimum Gasteiger partial charge on any atom is -0.396 e. The van der Waals surface area contributed by atoms with E-state index in [0.717, 1.165) is 89.0 Å². The molecule has 1 saturated heterocycles. The molecule has 1 saturated carbocycles. The summed E-state index contributed by atoms with van der Waals surface area (Å²) >= 11 is 0. The third kappa shape index (κ3) is 8.41. The van der Waals surface area contributed by atoms with E-state index in [-0.39, 0.29) is 17.0 Å². The molecule has 1 aliphatic heterocycles. The molecular weight excluding hydrogens is 493 g/mol. The first-order valence-electron chi connectivity index (χ1n) is 13.2. The van der Waals surface area contributed by atoms with Crippen LogP contribution < -0.4 is 0 Å². The van der Waals surface area contributed by atoms with Gasteiger partial charge >= 0.3 is 6.18 Å². The fourth-order valence-corrected chi connectivity index (χ4v) is 6.60. The third-order valence-corrected chi connectivity index (χ3v) is 9.63. The van der Waals surface area contributed by atoms with Crippen LogP contribution in [0.1, 0.15) is 69.8 Å². The van der Waals surface area contributed by atoms with Crippen molar-refractivity contribution in [3.05, 3.63) is 29.8 Å². The molecule has 1 aromatic rings. The standard InChI is InChI=1S/C26H41F3N2O4S/c1-30(36(33,34)25-12-6-22(7-13-25)26(27,28)29)23-8-10-24(11-9-23)35-19-5-3-2-4-16-31-17-14-21(20-32)15-18-31/h6-7,12-13,21,23-24,32H,2-5,8-11,14-20H2,1H3. The number of benzene rings is 1. The summed E-state index contributed by atoms with van der Waals surface area (Å²) in [5.74, 6) is 0.484. The molecule has 0 amide bonds. The molecule has 1 heterocycles. The molecule has 0 unspecified atom stereocenters. The Kier molecular flexibility index (Phi) is 11.1. The molecule has 0 aromatic heterocycles. The number of aliphatic hydroxyl groups excluding tert-OH is 1. The highest BCUT2D eigenvalue weighted by molar-refractivity contribution is 7.89. The molecule has 3 rings (SSSR count). The zero-order chi connectivity index (χ0) is 26.2. The molecule has 1 N–H and O–H groups in total. The SMILES string of the molecule is CN(C1CCC(OCCCCCCN2CCC(CO)CC2)CC1)S(=O)(=O)c1ccc(C(F)(F)F)cc1. The van der Waals surface area contributed by atoms with Crippen LogP contribution >= 0.6 is 0 Å². The van der Waals surface area contributed by atoms with E-state index in [1.807, 2.05) is 0 Å². The van der Waals surface area contributed by atoms with Gasteiger partial charge in [0.15, 0.2) is 0 Å². The van der Waals surface area contributed by atoms with Gasteiger partial charge in [-0.3, -0.25) is 0 Å². The van der Waals surface area contributed by atoms with Gasteiger partial charge in [0.25, 0.3) is 0 Å². The van der Waals surface area contributed by atoms with Crippen molar-refractivity contribution in [2.24, 2.45) is 5.92 Å². The number of piperidine rings is 1. The van der Waals surface area contributed by atoms with E-state index in [0.29, 0.717) is 25.4 Å². The maximum Gasteiger partial charge on any atom is 0.416 e. The van der Waals surface area contributed by atoms with Crippen LogP contribution in [-0.2, 0) is 20.9 Å². The van der Waals surface area contributed by atoms with Gasteiger partial charge in [0.2, 0.25) is 10.0 Å². The Morgan fingerprint density at radius 2 is 1.58 bits per heavy atom. The number of halogens is 3. The summed E-state index contributed by atoms with van der Waals surface area (Å²) in [5.41, 5.74) is -0.860. The average Bonchev–Trinajstić information content (AvgIpc) is 2.88. The van der Waals surface area contributed by atoms with Crippen molar-refractivity contribution in [1.82, 2.24) is 9.21 Å². The van der Waals surface area contributed by atoms with Crippen molar-refractivity contribution in [3.63, 3.8) is 0 Å². The lowest BCUT2D eigenvalue weighted by atomic mass is 9.93. The Bertz CT molecular complexity index is 879. The number of hydrogen-bond acceptors (Lipinski definition) is 5. The van der Waals surface area contributed by atoms with E-state index < -0.39 is 21.8 Å². The molecule has 0 atom stereocenters. The van der Waals surface area contributed by atoms with E-state index in [1.54, 1.807) is 0 Å². The number of hydrogen-bond donors (Lipinski definition) is 1. The van der Waals surface area contributed by atoms with Gasteiger partial charge in [-0.15, -0.1) is 0 Å². The molecule has 10 heteroatoms. The molecule has 36 heavy (non-hydrogen) atoms. The Balaban J connectivity index is 1.29. The number of nitrogens with zero attached hydrogens (tertiary/aromatic N) is 2. The lowest BCUT2D eigenvalue weighted by molar-refractivity contribution is -0.137. The summed E-state index contributed by atoms with van der Waals surface area (Å²) in [6, 6.07) is 3.50. The number of aliphatic hydroxyl groups is 1. The Morgan fingerprint density at radius 1 is 0.972 bits per heavy atom. The number of ether oxygens (including phenoxy) is 1. The van der Waals surface area contributed by atoms with Gasteiger partial charge < -0.3 is 14.7 Å². The quantitative estimate of drug-likeness (QED) is 0.386. The van der Waals surface area contributed by atoms with Gasteiger partial charge in [-0.2, -0.15) is 17.5 Å². The fraction of sp³-hybridized carbons (Fsp3) is 0.769. The topological polar surface area (TPSA) is 70.1 Å². The summed E-state index contributed by atoms with van der Waals surface area (Å²) in [6.45, 7) is 4.35. The number of likely N-dealkylation sites (tertiary alicyclic amines) is 1. The Morgan fingerprint density at radius 3 is 2.17 bits per heavy atom. The molecule has 206 valence electrons. The van der Waals surface area contributed by atoms with Crippen molar-refractivity contribution in [3.8, 4) is 0 Å². The molecule has 1 aromatic carbocycles. The van der Waals surface area contributed by atoms with Crippen LogP contribution in [0.3, 0.4) is 0 Å². The zero-order valence-electron chi connectivity index (χ0n) is 21.3. The highest BCUT2D eigenvalue weighted by atomic mass is 32.2. The molecule has 0 radical (unpaired) electrons. The van der Waals surface area contributed by atoms with Gasteiger partial charge in [-0.1, -0.05) is 12.8 Å². The minimum atomic E-state index is -4.49. The summed E-state index contributed by atoms with van der Waals surface area (Å²) in [6.07, 6.45) is 5.28. The number of unbranched alkanes of at least 4 members (excludes halogenated alkanes) is 3. The maximum atomic E-state index is 12.9. The first-order chi connectivity index (χ1) is 17.1. The van der Waals surface area contributed by atoms with Gasteiger partial charge in [0.1, 0.15) is 0 Å². The van der Waals surface area contributed by atoms with Crippen LogP contribution in [0.25, 0.3) is 0 Å². The van der Waals surface area contributed by atoms with Crippen LogP contribution in [0.2, 0.25) is 0 Å². The van der Waals surface area contributed by atoms with Crippen LogP contribution in [0.15, 0.2) is 29.2 Å². The van der Waals surface area contributed by atoms with Crippen molar-refractivity contribution >= 4 is 10.0 Å². The third-order valence-electron chi connectivity index (χ3n) is 7.70. The summed E-state index contributed by atoms with van der Waals surface area (Å²) in [7, 11) is -2.34. The summed E-state index contributed by atoms with van der Waals surface area (Å²) in [4.78, 5) is 2.38. The predicted octanol–water partition coefficient (Wildman–Crippen LogP) is 4.92. The van der Waals surface area contributed by atoms with Gasteiger partial charge in [-0.25, -0.2) is 8.42 Å². The van der Waals surface area contributed by atoms with Crippen LogP contribution in [0, 0.1) is 5.92 Å². The Hall–Kier alpha value is -1.20. The van der Waals surface area contributed by atoms with Crippen molar-refractivity contribution < 1.29 is 31.4 Å². The molecule has 2 aliphatic rings. The molecular formula is C26H41F3N2O4S. The second-order valence-electron chi connectivity index (χ2n) is 10.2. The van der Waals surface area contributed by atoms with E-state index in [1.165, 1.54) is 24.2 Å². The summed E-state index contributed by atoms with van der Waals surface area (Å²) in [5, 5.41) is 9.22. The van der Waals surface area contributed by atoms with E-state index in [4.69, 9.17) is 4.74 Å². The van der Waals surface area contributed by atoms with Crippen LogP contribution in [-0.4, -0.2) is 74.8 Å². The second-order valence-corrected chi connectivity index (χ2v) is 12.2. The van der Waals surface area contributed by atoms with Gasteiger partial charge in [0.05, 0.1) is 16.6 Å². The van der Waals surface area contributed by atoms with Crippen LogP contribution in [0.4, 0.5) is 13.2 Å².